The molecule has 22 heavy (non-hydrogen) atoms. The molecule has 1 saturated heterocycles. The molecule has 0 spiro atoms. The van der Waals surface area contributed by atoms with Crippen molar-refractivity contribution in [3.8, 4) is 5.75 Å². The monoisotopic (exact) mass is 301 g/mol. The van der Waals surface area contributed by atoms with Crippen LogP contribution in [0.5, 0.6) is 5.75 Å². The molecular weight excluding hydrogens is 278 g/mol. The van der Waals surface area contributed by atoms with Crippen LogP contribution in [-0.2, 0) is 0 Å². The van der Waals surface area contributed by atoms with Gasteiger partial charge in [-0.25, -0.2) is 0 Å². The molecule has 3 rings (SSSR count). The Labute approximate surface area is 130 Å². The summed E-state index contributed by atoms with van der Waals surface area (Å²) in [5.41, 5.74) is 0. The van der Waals surface area contributed by atoms with Gasteiger partial charge >= 0.3 is 0 Å². The maximum atomic E-state index is 10.1. The Morgan fingerprint density at radius 3 is 2.82 bits per heavy atom. The Balaban J connectivity index is 1.54. The summed E-state index contributed by atoms with van der Waals surface area (Å²) in [6.07, 6.45) is 1.55. The number of fused-ring (bicyclic) bond motifs is 1. The third kappa shape index (κ3) is 3.58. The molecule has 0 saturated carbocycles. The van der Waals surface area contributed by atoms with E-state index in [-0.39, 0.29) is 19.3 Å². The summed E-state index contributed by atoms with van der Waals surface area (Å²) in [5.74, 6) is 0.776. The van der Waals surface area contributed by atoms with Gasteiger partial charge in [0.1, 0.15) is 18.5 Å². The number of rotatable bonds is 6. The number of ether oxygens (including phenoxy) is 1. The van der Waals surface area contributed by atoms with Gasteiger partial charge in [0.15, 0.2) is 0 Å². The maximum absolute atomic E-state index is 10.1. The first kappa shape index (κ1) is 15.3. The molecule has 4 nitrogen and oxygen atoms in total. The van der Waals surface area contributed by atoms with Crippen molar-refractivity contribution in [3.63, 3.8) is 0 Å². The molecule has 2 N–H and O–H groups in total. The Bertz CT molecular complexity index is 616. The summed E-state index contributed by atoms with van der Waals surface area (Å²) >= 11 is 0. The molecule has 1 fully saturated rings. The van der Waals surface area contributed by atoms with Crippen LogP contribution in [0.4, 0.5) is 0 Å². The van der Waals surface area contributed by atoms with Gasteiger partial charge in [0.05, 0.1) is 6.61 Å². The van der Waals surface area contributed by atoms with Crippen LogP contribution < -0.4 is 4.74 Å². The number of β-amino-alcohol motifs (C(OH)–C–C–N with tert-alkyl or cyclic N) is 1. The summed E-state index contributed by atoms with van der Waals surface area (Å²) in [6.45, 7) is 1.93. The summed E-state index contributed by atoms with van der Waals surface area (Å²) in [7, 11) is 0. The molecule has 0 aliphatic carbocycles. The highest BCUT2D eigenvalue weighted by atomic mass is 16.5. The fourth-order valence-corrected chi connectivity index (χ4v) is 3.12. The lowest BCUT2D eigenvalue weighted by Gasteiger charge is -2.25. The molecule has 1 heterocycles. The minimum Gasteiger partial charge on any atom is -0.491 e. The first-order valence-electron chi connectivity index (χ1n) is 7.91. The van der Waals surface area contributed by atoms with E-state index in [2.05, 4.69) is 17.0 Å². The number of benzene rings is 2. The minimum absolute atomic E-state index is 0.165. The highest BCUT2D eigenvalue weighted by Crippen LogP contribution is 2.21. The zero-order chi connectivity index (χ0) is 15.4. The van der Waals surface area contributed by atoms with Crippen LogP contribution in [0, 0.1) is 0 Å². The van der Waals surface area contributed by atoms with Crippen molar-refractivity contribution >= 4 is 10.8 Å². The summed E-state index contributed by atoms with van der Waals surface area (Å²) in [6, 6.07) is 14.3. The van der Waals surface area contributed by atoms with Crippen molar-refractivity contribution in [1.82, 2.24) is 4.90 Å². The quantitative estimate of drug-likeness (QED) is 0.857. The second kappa shape index (κ2) is 7.09. The summed E-state index contributed by atoms with van der Waals surface area (Å²) < 4.78 is 5.72. The van der Waals surface area contributed by atoms with E-state index < -0.39 is 6.10 Å². The average Bonchev–Trinajstić information content (AvgIpc) is 3.00. The molecule has 2 aromatic rings. The highest BCUT2D eigenvalue weighted by Gasteiger charge is 2.25. The minimum atomic E-state index is -0.543. The third-order valence-corrected chi connectivity index (χ3v) is 4.32. The van der Waals surface area contributed by atoms with E-state index in [1.54, 1.807) is 0 Å². The van der Waals surface area contributed by atoms with Crippen molar-refractivity contribution in [2.24, 2.45) is 0 Å². The molecule has 1 aliphatic rings. The lowest BCUT2D eigenvalue weighted by Crippen LogP contribution is -2.40. The number of nitrogens with zero attached hydrogens (tertiary/aromatic N) is 1. The first-order valence-corrected chi connectivity index (χ1v) is 7.91. The molecule has 118 valence electrons. The van der Waals surface area contributed by atoms with Crippen molar-refractivity contribution in [2.45, 2.75) is 25.0 Å². The molecule has 4 heteroatoms. The van der Waals surface area contributed by atoms with Gasteiger partial charge in [-0.3, -0.25) is 4.90 Å². The van der Waals surface area contributed by atoms with Gasteiger partial charge in [0.2, 0.25) is 0 Å². The Hall–Kier alpha value is -1.62. The molecule has 0 radical (unpaired) electrons. The Kier molecular flexibility index (Phi) is 4.93. The van der Waals surface area contributed by atoms with Crippen LogP contribution in [0.2, 0.25) is 0 Å². The van der Waals surface area contributed by atoms with Crippen molar-refractivity contribution < 1.29 is 14.9 Å². The van der Waals surface area contributed by atoms with Gasteiger partial charge < -0.3 is 14.9 Å². The van der Waals surface area contributed by atoms with Gasteiger partial charge in [0, 0.05) is 12.6 Å². The van der Waals surface area contributed by atoms with E-state index in [4.69, 9.17) is 4.74 Å². The summed E-state index contributed by atoms with van der Waals surface area (Å²) in [4.78, 5) is 2.15. The third-order valence-electron chi connectivity index (χ3n) is 4.32. The van der Waals surface area contributed by atoms with E-state index in [0.29, 0.717) is 6.54 Å². The normalized spacial score (nSPS) is 20.4. The molecule has 0 aromatic heterocycles. The fraction of sp³-hybridized carbons (Fsp3) is 0.444. The zero-order valence-corrected chi connectivity index (χ0v) is 12.7. The number of hydrogen-bond acceptors (Lipinski definition) is 4. The van der Waals surface area contributed by atoms with Crippen LogP contribution in [0.3, 0.4) is 0 Å². The van der Waals surface area contributed by atoms with Crippen LogP contribution in [0.1, 0.15) is 12.8 Å². The number of hydrogen-bond donors (Lipinski definition) is 2. The first-order chi connectivity index (χ1) is 10.8. The highest BCUT2D eigenvalue weighted by molar-refractivity contribution is 5.83. The molecule has 2 aromatic carbocycles. The van der Waals surface area contributed by atoms with Crippen molar-refractivity contribution in [1.29, 1.82) is 0 Å². The average molecular weight is 301 g/mol. The molecule has 2 atom stereocenters. The van der Waals surface area contributed by atoms with Crippen LogP contribution in [0.15, 0.2) is 42.5 Å². The SMILES string of the molecule is OCC1CCCN1CC(O)COc1ccc2ccccc2c1. The van der Waals surface area contributed by atoms with E-state index >= 15 is 0 Å². The molecule has 0 bridgehead atoms. The van der Waals surface area contributed by atoms with Gasteiger partial charge in [-0.1, -0.05) is 30.3 Å². The molecular formula is C18H23NO3. The second-order valence-corrected chi connectivity index (χ2v) is 5.95. The molecule has 0 amide bonds. The maximum Gasteiger partial charge on any atom is 0.120 e. The van der Waals surface area contributed by atoms with E-state index in [9.17, 15) is 10.2 Å². The van der Waals surface area contributed by atoms with Gasteiger partial charge in [-0.2, -0.15) is 0 Å². The Morgan fingerprint density at radius 2 is 2.00 bits per heavy atom. The predicted octanol–water partition coefficient (Wildman–Crippen LogP) is 2.04. The number of likely N-dealkylation sites (tertiary alicyclic amines) is 1. The lowest BCUT2D eigenvalue weighted by atomic mass is 10.1. The largest absolute Gasteiger partial charge is 0.491 e. The van der Waals surface area contributed by atoms with Gasteiger partial charge in [0.25, 0.3) is 0 Å². The number of aliphatic hydroxyl groups is 2. The van der Waals surface area contributed by atoms with E-state index in [0.717, 1.165) is 30.5 Å². The fourth-order valence-electron chi connectivity index (χ4n) is 3.12. The zero-order valence-electron chi connectivity index (χ0n) is 12.7. The van der Waals surface area contributed by atoms with Crippen LogP contribution in [-0.4, -0.2) is 53.6 Å². The van der Waals surface area contributed by atoms with Gasteiger partial charge in [-0.15, -0.1) is 0 Å². The van der Waals surface area contributed by atoms with Crippen molar-refractivity contribution in [2.75, 3.05) is 26.3 Å². The van der Waals surface area contributed by atoms with Crippen LogP contribution >= 0.6 is 0 Å². The van der Waals surface area contributed by atoms with Crippen LogP contribution in [0.25, 0.3) is 10.8 Å². The number of aliphatic hydroxyl groups excluding tert-OH is 2. The molecule has 1 aliphatic heterocycles. The Morgan fingerprint density at radius 1 is 1.18 bits per heavy atom. The lowest BCUT2D eigenvalue weighted by molar-refractivity contribution is 0.0533. The van der Waals surface area contributed by atoms with E-state index in [1.807, 2.05) is 30.3 Å². The molecule has 2 unspecified atom stereocenters. The summed E-state index contributed by atoms with van der Waals surface area (Å²) in [5, 5.41) is 21.8. The van der Waals surface area contributed by atoms with E-state index in [1.165, 1.54) is 5.39 Å². The second-order valence-electron chi connectivity index (χ2n) is 5.95. The predicted molar refractivity (Wildman–Crippen MR) is 87.1 cm³/mol. The smallest absolute Gasteiger partial charge is 0.120 e. The van der Waals surface area contributed by atoms with Crippen molar-refractivity contribution in [3.05, 3.63) is 42.5 Å². The standard InChI is InChI=1S/C18H23NO3/c20-12-16-6-3-9-19(16)11-17(21)13-22-18-8-7-14-4-1-2-5-15(14)10-18/h1-2,4-5,7-8,10,16-17,20-21H,3,6,9,11-13H2. The topological polar surface area (TPSA) is 52.9 Å². The van der Waals surface area contributed by atoms with Gasteiger partial charge in [-0.05, 0) is 42.3 Å².